The van der Waals surface area contributed by atoms with Gasteiger partial charge in [0.2, 0.25) is 0 Å². The van der Waals surface area contributed by atoms with Gasteiger partial charge in [-0.25, -0.2) is 0 Å². The first kappa shape index (κ1) is 20.0. The van der Waals surface area contributed by atoms with E-state index in [4.69, 9.17) is 14.2 Å². The lowest BCUT2D eigenvalue weighted by Crippen LogP contribution is -2.32. The van der Waals surface area contributed by atoms with Crippen molar-refractivity contribution in [1.29, 1.82) is 0 Å². The van der Waals surface area contributed by atoms with Crippen LogP contribution in [0, 0.1) is 6.92 Å². The first-order valence-electron chi connectivity index (χ1n) is 9.28. The molecule has 0 fully saturated rings. The van der Waals surface area contributed by atoms with Crippen LogP contribution in [0.5, 0.6) is 17.2 Å². The Balaban J connectivity index is 1.43. The average Bonchev–Trinajstić information content (AvgIpc) is 3.11. The van der Waals surface area contributed by atoms with Crippen LogP contribution in [0.15, 0.2) is 36.4 Å². The topological polar surface area (TPSA) is 88.6 Å². The molecule has 0 aliphatic heterocycles. The van der Waals surface area contributed by atoms with Gasteiger partial charge in [0, 0.05) is 6.54 Å². The van der Waals surface area contributed by atoms with Crippen LogP contribution in [0.2, 0.25) is 0 Å². The standard InChI is InChI=1S/C21H27N3O4/c1-14-21-17(24-23-14)5-4-6-19(21)28-13-16(25)12-22-10-9-15-7-8-18(26-2)20(11-15)27-3/h4-8,11,16,22,25H,9-10,12-13H2,1-3H3,(H,23,24)/t16-/m0/s1. The van der Waals surface area contributed by atoms with Gasteiger partial charge in [0.1, 0.15) is 18.5 Å². The summed E-state index contributed by atoms with van der Waals surface area (Å²) in [5, 5.41) is 21.6. The number of hydrogen-bond acceptors (Lipinski definition) is 6. The molecule has 7 heteroatoms. The maximum absolute atomic E-state index is 10.2. The van der Waals surface area contributed by atoms with Gasteiger partial charge in [-0.1, -0.05) is 12.1 Å². The van der Waals surface area contributed by atoms with Gasteiger partial charge in [-0.05, 0) is 49.7 Å². The highest BCUT2D eigenvalue weighted by molar-refractivity contribution is 5.87. The minimum atomic E-state index is -0.604. The van der Waals surface area contributed by atoms with Crippen molar-refractivity contribution in [2.45, 2.75) is 19.4 Å². The molecule has 0 amide bonds. The van der Waals surface area contributed by atoms with Crippen molar-refractivity contribution in [2.75, 3.05) is 33.9 Å². The molecule has 1 heterocycles. The van der Waals surface area contributed by atoms with Crippen molar-refractivity contribution in [2.24, 2.45) is 0 Å². The van der Waals surface area contributed by atoms with E-state index in [-0.39, 0.29) is 6.61 Å². The molecule has 1 aromatic heterocycles. The maximum atomic E-state index is 10.2. The van der Waals surface area contributed by atoms with E-state index in [0.29, 0.717) is 6.54 Å². The van der Waals surface area contributed by atoms with Crippen LogP contribution < -0.4 is 19.5 Å². The second-order valence-electron chi connectivity index (χ2n) is 6.60. The molecular formula is C21H27N3O4. The number of aromatic amines is 1. The van der Waals surface area contributed by atoms with Crippen LogP contribution in [-0.4, -0.2) is 55.3 Å². The molecule has 3 aromatic rings. The molecular weight excluding hydrogens is 358 g/mol. The summed E-state index contributed by atoms with van der Waals surface area (Å²) in [6, 6.07) is 11.6. The predicted octanol–water partition coefficient (Wildman–Crippen LogP) is 2.46. The quantitative estimate of drug-likeness (QED) is 0.465. The van der Waals surface area contributed by atoms with E-state index < -0.39 is 6.10 Å². The molecule has 0 bridgehead atoms. The van der Waals surface area contributed by atoms with Crippen molar-refractivity contribution in [3.8, 4) is 17.2 Å². The fraction of sp³-hybridized carbons (Fsp3) is 0.381. The van der Waals surface area contributed by atoms with E-state index in [1.165, 1.54) is 0 Å². The lowest BCUT2D eigenvalue weighted by atomic mass is 10.1. The number of benzene rings is 2. The second-order valence-corrected chi connectivity index (χ2v) is 6.60. The van der Waals surface area contributed by atoms with Gasteiger partial charge in [-0.2, -0.15) is 5.10 Å². The molecule has 0 aliphatic rings. The normalized spacial score (nSPS) is 12.1. The number of H-pyrrole nitrogens is 1. The maximum Gasteiger partial charge on any atom is 0.160 e. The zero-order chi connectivity index (χ0) is 19.9. The smallest absolute Gasteiger partial charge is 0.160 e. The number of hydrogen-bond donors (Lipinski definition) is 3. The van der Waals surface area contributed by atoms with Gasteiger partial charge >= 0.3 is 0 Å². The molecule has 7 nitrogen and oxygen atoms in total. The first-order valence-corrected chi connectivity index (χ1v) is 9.28. The van der Waals surface area contributed by atoms with Crippen LogP contribution in [0.4, 0.5) is 0 Å². The highest BCUT2D eigenvalue weighted by atomic mass is 16.5. The van der Waals surface area contributed by atoms with Crippen molar-refractivity contribution in [3.05, 3.63) is 47.7 Å². The van der Waals surface area contributed by atoms with E-state index in [0.717, 1.165) is 52.4 Å². The lowest BCUT2D eigenvalue weighted by molar-refractivity contribution is 0.107. The number of rotatable bonds is 10. The fourth-order valence-corrected chi connectivity index (χ4v) is 3.10. The molecule has 0 aliphatic carbocycles. The van der Waals surface area contributed by atoms with Crippen LogP contribution in [0.25, 0.3) is 10.9 Å². The van der Waals surface area contributed by atoms with Crippen molar-refractivity contribution < 1.29 is 19.3 Å². The first-order chi connectivity index (χ1) is 13.6. The van der Waals surface area contributed by atoms with E-state index in [1.54, 1.807) is 14.2 Å². The van der Waals surface area contributed by atoms with E-state index >= 15 is 0 Å². The Morgan fingerprint density at radius 2 is 1.93 bits per heavy atom. The number of nitrogens with zero attached hydrogens (tertiary/aromatic N) is 1. The third kappa shape index (κ3) is 4.74. The second kappa shape index (κ2) is 9.43. The number of aromatic nitrogens is 2. The molecule has 1 atom stereocenters. The zero-order valence-electron chi connectivity index (χ0n) is 16.5. The van der Waals surface area contributed by atoms with Crippen molar-refractivity contribution >= 4 is 10.9 Å². The van der Waals surface area contributed by atoms with E-state index in [1.807, 2.05) is 43.3 Å². The van der Waals surface area contributed by atoms with Gasteiger partial charge < -0.3 is 24.6 Å². The largest absolute Gasteiger partial charge is 0.493 e. The number of aliphatic hydroxyl groups excluding tert-OH is 1. The highest BCUT2D eigenvalue weighted by Gasteiger charge is 2.11. The molecule has 0 saturated carbocycles. The number of ether oxygens (including phenoxy) is 3. The average molecular weight is 385 g/mol. The van der Waals surface area contributed by atoms with Gasteiger partial charge in [0.15, 0.2) is 11.5 Å². The van der Waals surface area contributed by atoms with Crippen LogP contribution in [0.3, 0.4) is 0 Å². The third-order valence-electron chi connectivity index (χ3n) is 4.58. The summed E-state index contributed by atoms with van der Waals surface area (Å²) < 4.78 is 16.4. The molecule has 3 rings (SSSR count). The molecule has 150 valence electrons. The summed E-state index contributed by atoms with van der Waals surface area (Å²) in [5.74, 6) is 2.17. The zero-order valence-corrected chi connectivity index (χ0v) is 16.5. The highest BCUT2D eigenvalue weighted by Crippen LogP contribution is 2.28. The van der Waals surface area contributed by atoms with Crippen LogP contribution in [-0.2, 0) is 6.42 Å². The molecule has 0 saturated heterocycles. The third-order valence-corrected chi connectivity index (χ3v) is 4.58. The SMILES string of the molecule is COc1ccc(CCNC[C@H](O)COc2cccc3[nH]nc(C)c23)cc1OC. The minimum absolute atomic E-state index is 0.215. The number of fused-ring (bicyclic) bond motifs is 1. The summed E-state index contributed by atoms with van der Waals surface area (Å²) in [7, 11) is 3.25. The van der Waals surface area contributed by atoms with Crippen LogP contribution >= 0.6 is 0 Å². The molecule has 28 heavy (non-hydrogen) atoms. The Morgan fingerprint density at radius 3 is 2.71 bits per heavy atom. The molecule has 0 radical (unpaired) electrons. The Labute approximate surface area is 164 Å². The Morgan fingerprint density at radius 1 is 1.11 bits per heavy atom. The lowest BCUT2D eigenvalue weighted by Gasteiger charge is -2.14. The summed E-state index contributed by atoms with van der Waals surface area (Å²) in [6.45, 7) is 3.33. The monoisotopic (exact) mass is 385 g/mol. The van der Waals surface area contributed by atoms with Gasteiger partial charge in [0.05, 0.1) is 30.8 Å². The van der Waals surface area contributed by atoms with Crippen LogP contribution in [0.1, 0.15) is 11.3 Å². The van der Waals surface area contributed by atoms with Gasteiger partial charge in [0.25, 0.3) is 0 Å². The number of aliphatic hydroxyl groups is 1. The number of aryl methyl sites for hydroxylation is 1. The molecule has 0 spiro atoms. The van der Waals surface area contributed by atoms with Gasteiger partial charge in [-0.3, -0.25) is 5.10 Å². The van der Waals surface area contributed by atoms with Gasteiger partial charge in [-0.15, -0.1) is 0 Å². The van der Waals surface area contributed by atoms with E-state index in [2.05, 4.69) is 15.5 Å². The molecule has 0 unspecified atom stereocenters. The summed E-state index contributed by atoms with van der Waals surface area (Å²) in [4.78, 5) is 0. The Kier molecular flexibility index (Phi) is 6.73. The fourth-order valence-electron chi connectivity index (χ4n) is 3.10. The Bertz CT molecular complexity index is 910. The predicted molar refractivity (Wildman–Crippen MR) is 108 cm³/mol. The number of nitrogens with one attached hydrogen (secondary N) is 2. The Hall–Kier alpha value is -2.77. The van der Waals surface area contributed by atoms with Crippen molar-refractivity contribution in [3.63, 3.8) is 0 Å². The summed E-state index contributed by atoms with van der Waals surface area (Å²) in [5.41, 5.74) is 2.95. The summed E-state index contributed by atoms with van der Waals surface area (Å²) in [6.07, 6.45) is 0.217. The molecule has 2 aromatic carbocycles. The molecule has 3 N–H and O–H groups in total. The minimum Gasteiger partial charge on any atom is -0.493 e. The number of methoxy groups -OCH3 is 2. The van der Waals surface area contributed by atoms with Crippen molar-refractivity contribution in [1.82, 2.24) is 15.5 Å². The summed E-state index contributed by atoms with van der Waals surface area (Å²) >= 11 is 0. The van der Waals surface area contributed by atoms with E-state index in [9.17, 15) is 5.11 Å².